The molecule has 0 radical (unpaired) electrons. The van der Waals surface area contributed by atoms with E-state index >= 15 is 0 Å². The Morgan fingerprint density at radius 1 is 1.06 bits per heavy atom. The number of aromatic nitrogens is 2. The zero-order chi connectivity index (χ0) is 23.4. The molecule has 0 aliphatic carbocycles. The summed E-state index contributed by atoms with van der Waals surface area (Å²) in [6.45, 7) is 1.98. The van der Waals surface area contributed by atoms with Gasteiger partial charge in [-0.15, -0.1) is 0 Å². The van der Waals surface area contributed by atoms with Crippen molar-refractivity contribution in [2.75, 3.05) is 11.9 Å². The van der Waals surface area contributed by atoms with Gasteiger partial charge in [-0.05, 0) is 49.4 Å². The van der Waals surface area contributed by atoms with E-state index in [1.54, 1.807) is 6.92 Å². The molecule has 2 aromatic carbocycles. The van der Waals surface area contributed by atoms with Crippen molar-refractivity contribution in [3.63, 3.8) is 0 Å². The topological polar surface area (TPSA) is 93.1 Å². The van der Waals surface area contributed by atoms with Gasteiger partial charge in [-0.2, -0.15) is 4.98 Å². The van der Waals surface area contributed by atoms with E-state index < -0.39 is 35.2 Å². The van der Waals surface area contributed by atoms with Crippen LogP contribution in [0.4, 0.5) is 14.6 Å². The third kappa shape index (κ3) is 5.12. The summed E-state index contributed by atoms with van der Waals surface area (Å²) in [6, 6.07) is 8.94. The lowest BCUT2D eigenvalue weighted by Gasteiger charge is -2.21. The highest BCUT2D eigenvalue weighted by atomic mass is 35.5. The predicted octanol–water partition coefficient (Wildman–Crippen LogP) is 4.07. The number of anilines is 1. The molecule has 1 atom stereocenters. The van der Waals surface area contributed by atoms with Crippen molar-refractivity contribution >= 4 is 40.7 Å². The zero-order valence-electron chi connectivity index (χ0n) is 16.5. The van der Waals surface area contributed by atoms with Gasteiger partial charge in [0.15, 0.2) is 17.8 Å². The molecular formula is C21H16Cl2F2N4O3. The Labute approximate surface area is 191 Å². The van der Waals surface area contributed by atoms with Crippen LogP contribution in [0.1, 0.15) is 33.8 Å². The van der Waals surface area contributed by atoms with Crippen LogP contribution in [0.15, 0.2) is 53.5 Å². The molecule has 0 spiro atoms. The number of hydrogen-bond donors (Lipinski definition) is 2. The maximum absolute atomic E-state index is 14.5. The van der Waals surface area contributed by atoms with Gasteiger partial charge in [0.2, 0.25) is 5.78 Å². The Bertz CT molecular complexity index is 1230. The molecule has 0 saturated carbocycles. The molecule has 7 nitrogen and oxygen atoms in total. The molecule has 2 N–H and O–H groups in total. The quantitative estimate of drug-likeness (QED) is 0.497. The van der Waals surface area contributed by atoms with Crippen LogP contribution in [0.3, 0.4) is 0 Å². The second kappa shape index (κ2) is 9.88. The zero-order valence-corrected chi connectivity index (χ0v) is 18.0. The average molecular weight is 481 g/mol. The molecule has 11 heteroatoms. The molecule has 3 aromatic rings. The fourth-order valence-electron chi connectivity index (χ4n) is 2.80. The highest BCUT2D eigenvalue weighted by Gasteiger charge is 2.27. The third-order valence-electron chi connectivity index (χ3n) is 4.36. The van der Waals surface area contributed by atoms with Crippen molar-refractivity contribution in [2.24, 2.45) is 0 Å². The number of carbonyl (C=O) groups is 2. The van der Waals surface area contributed by atoms with Gasteiger partial charge >= 0.3 is 5.69 Å². The van der Waals surface area contributed by atoms with Crippen molar-refractivity contribution in [3.05, 3.63) is 92.0 Å². The molecule has 1 aromatic heterocycles. The van der Waals surface area contributed by atoms with Crippen LogP contribution in [-0.2, 0) is 0 Å². The normalized spacial score (nSPS) is 11.7. The Kier molecular flexibility index (Phi) is 7.22. The minimum atomic E-state index is -1.72. The molecule has 1 unspecified atom stereocenters. The summed E-state index contributed by atoms with van der Waals surface area (Å²) in [4.78, 5) is 42.0. The van der Waals surface area contributed by atoms with Crippen molar-refractivity contribution in [1.29, 1.82) is 0 Å². The number of benzene rings is 2. The van der Waals surface area contributed by atoms with Crippen LogP contribution in [0.5, 0.6) is 0 Å². The predicted molar refractivity (Wildman–Crippen MR) is 116 cm³/mol. The van der Waals surface area contributed by atoms with Crippen LogP contribution in [0.25, 0.3) is 0 Å². The second-order valence-corrected chi connectivity index (χ2v) is 7.38. The highest BCUT2D eigenvalue weighted by molar-refractivity contribution is 6.31. The van der Waals surface area contributed by atoms with Crippen LogP contribution in [0, 0.1) is 11.6 Å². The number of halogens is 4. The first-order valence-corrected chi connectivity index (χ1v) is 10.0. The Balaban J connectivity index is 2.06. The Hall–Kier alpha value is -3.30. The van der Waals surface area contributed by atoms with Gasteiger partial charge in [0, 0.05) is 22.7 Å². The first kappa shape index (κ1) is 23.4. The average Bonchev–Trinajstić information content (AvgIpc) is 2.76. The number of Topliss-reactive ketones (excluding diaryl/α,β-unsaturated/α-hetero) is 1. The Morgan fingerprint density at radius 2 is 1.72 bits per heavy atom. The van der Waals surface area contributed by atoms with E-state index in [1.807, 2.05) is 0 Å². The maximum atomic E-state index is 14.5. The maximum Gasteiger partial charge on any atom is 0.351 e. The van der Waals surface area contributed by atoms with Gasteiger partial charge in [0.05, 0.1) is 11.2 Å². The molecule has 1 amide bonds. The number of nitrogens with zero attached hydrogens (tertiary/aromatic N) is 2. The van der Waals surface area contributed by atoms with E-state index in [-0.39, 0.29) is 22.0 Å². The second-order valence-electron chi connectivity index (χ2n) is 6.53. The van der Waals surface area contributed by atoms with Gasteiger partial charge in [0.1, 0.15) is 5.82 Å². The summed E-state index contributed by atoms with van der Waals surface area (Å²) in [7, 11) is 0. The van der Waals surface area contributed by atoms with Crippen molar-refractivity contribution in [1.82, 2.24) is 14.9 Å². The molecule has 0 fully saturated rings. The lowest BCUT2D eigenvalue weighted by molar-refractivity contribution is 0.0811. The van der Waals surface area contributed by atoms with Gasteiger partial charge in [-0.3, -0.25) is 14.2 Å². The number of carbonyl (C=O) groups excluding carboxylic acids is 2. The van der Waals surface area contributed by atoms with Crippen LogP contribution in [0.2, 0.25) is 10.0 Å². The minimum absolute atomic E-state index is 0.125. The molecule has 1 heterocycles. The molecule has 0 saturated heterocycles. The van der Waals surface area contributed by atoms with Crippen LogP contribution < -0.4 is 16.3 Å². The van der Waals surface area contributed by atoms with E-state index in [0.29, 0.717) is 16.1 Å². The summed E-state index contributed by atoms with van der Waals surface area (Å²) >= 11 is 11.5. The number of rotatable bonds is 7. The minimum Gasteiger partial charge on any atom is -0.368 e. The molecule has 3 rings (SSSR count). The van der Waals surface area contributed by atoms with Gasteiger partial charge < -0.3 is 10.6 Å². The van der Waals surface area contributed by atoms with E-state index in [1.165, 1.54) is 30.3 Å². The van der Waals surface area contributed by atoms with Gasteiger partial charge in [-0.1, -0.05) is 23.2 Å². The molecule has 0 aliphatic heterocycles. The van der Waals surface area contributed by atoms with Crippen molar-refractivity contribution < 1.29 is 18.4 Å². The summed E-state index contributed by atoms with van der Waals surface area (Å²) in [5, 5.41) is 5.11. The van der Waals surface area contributed by atoms with E-state index in [9.17, 15) is 23.2 Å². The van der Waals surface area contributed by atoms with Crippen LogP contribution in [-0.4, -0.2) is 27.8 Å². The first-order chi connectivity index (χ1) is 15.2. The third-order valence-corrected chi connectivity index (χ3v) is 4.91. The van der Waals surface area contributed by atoms with Gasteiger partial charge in [0.25, 0.3) is 5.91 Å². The monoisotopic (exact) mass is 480 g/mol. The fourth-order valence-corrected chi connectivity index (χ4v) is 3.04. The van der Waals surface area contributed by atoms with Crippen molar-refractivity contribution in [2.45, 2.75) is 13.1 Å². The standard InChI is InChI=1S/C21H16Cl2F2N4O3/c1-2-26-18-16(25)10-29(21(32)27-18)19(17(30)12-5-8-14(23)15(24)9-12)28-20(31)11-3-6-13(22)7-4-11/h3-10,19H,2H2,1H3,(H,28,31)(H,26,27,32). The fraction of sp³-hybridized carbons (Fsp3) is 0.143. The molecule has 32 heavy (non-hydrogen) atoms. The number of ketones is 1. The lowest BCUT2D eigenvalue weighted by Crippen LogP contribution is -2.43. The SMILES string of the molecule is CCNc1nc(=O)n(C(NC(=O)c2ccc(Cl)cc2)C(=O)c2ccc(Cl)c(F)c2)cc1F. The number of amides is 1. The number of nitrogens with one attached hydrogen (secondary N) is 2. The molecule has 166 valence electrons. The molecule has 0 bridgehead atoms. The van der Waals surface area contributed by atoms with E-state index in [4.69, 9.17) is 23.2 Å². The first-order valence-electron chi connectivity index (χ1n) is 9.29. The largest absolute Gasteiger partial charge is 0.368 e. The summed E-state index contributed by atoms with van der Waals surface area (Å²) < 4.78 is 29.0. The van der Waals surface area contributed by atoms with E-state index in [2.05, 4.69) is 15.6 Å². The smallest absolute Gasteiger partial charge is 0.351 e. The summed E-state index contributed by atoms with van der Waals surface area (Å²) in [6.07, 6.45) is -0.978. The lowest BCUT2D eigenvalue weighted by atomic mass is 10.1. The van der Waals surface area contributed by atoms with Crippen LogP contribution >= 0.6 is 23.2 Å². The van der Waals surface area contributed by atoms with Gasteiger partial charge in [-0.25, -0.2) is 13.6 Å². The summed E-state index contributed by atoms with van der Waals surface area (Å²) in [5.74, 6) is -3.74. The Morgan fingerprint density at radius 3 is 2.34 bits per heavy atom. The summed E-state index contributed by atoms with van der Waals surface area (Å²) in [5.41, 5.74) is -1.08. The van der Waals surface area contributed by atoms with Crippen molar-refractivity contribution in [3.8, 4) is 0 Å². The highest BCUT2D eigenvalue weighted by Crippen LogP contribution is 2.20. The molecule has 0 aliphatic rings. The van der Waals surface area contributed by atoms with E-state index in [0.717, 1.165) is 18.3 Å². The number of hydrogen-bond acceptors (Lipinski definition) is 5. The molecular weight excluding hydrogens is 465 g/mol.